The van der Waals surface area contributed by atoms with E-state index >= 15 is 0 Å². The molecule has 4 nitrogen and oxygen atoms in total. The van der Waals surface area contributed by atoms with Crippen LogP contribution in [0.5, 0.6) is 0 Å². The van der Waals surface area contributed by atoms with Gasteiger partial charge in [0, 0.05) is 31.3 Å². The van der Waals surface area contributed by atoms with Gasteiger partial charge in [-0.25, -0.2) is 0 Å². The van der Waals surface area contributed by atoms with Crippen molar-refractivity contribution in [1.82, 2.24) is 9.80 Å². The fourth-order valence-corrected chi connectivity index (χ4v) is 3.95. The number of piperidine rings is 1. The Morgan fingerprint density at radius 2 is 2.00 bits per heavy atom. The van der Waals surface area contributed by atoms with Crippen LogP contribution in [0.1, 0.15) is 40.0 Å². The Bertz CT molecular complexity index is 300. The fraction of sp³-hybridized carbons (Fsp3) is 1.00. The van der Waals surface area contributed by atoms with Crippen LogP contribution in [-0.4, -0.2) is 67.3 Å². The van der Waals surface area contributed by atoms with E-state index in [-0.39, 0.29) is 5.54 Å². The van der Waals surface area contributed by atoms with Gasteiger partial charge in [-0.2, -0.15) is 0 Å². The highest BCUT2D eigenvalue weighted by molar-refractivity contribution is 4.99. The molecule has 0 aromatic rings. The monoisotopic (exact) mass is 283 g/mol. The summed E-state index contributed by atoms with van der Waals surface area (Å²) in [6.07, 6.45) is 3.87. The van der Waals surface area contributed by atoms with Crippen LogP contribution in [-0.2, 0) is 4.74 Å². The van der Waals surface area contributed by atoms with E-state index in [0.717, 1.165) is 25.5 Å². The molecule has 0 aromatic heterocycles. The summed E-state index contributed by atoms with van der Waals surface area (Å²) in [5, 5.41) is 0. The second-order valence-electron chi connectivity index (χ2n) is 7.17. The van der Waals surface area contributed by atoms with Gasteiger partial charge in [0.2, 0.25) is 0 Å². The number of rotatable bonds is 5. The van der Waals surface area contributed by atoms with Crippen LogP contribution < -0.4 is 5.73 Å². The minimum atomic E-state index is 0.181. The lowest BCUT2D eigenvalue weighted by Crippen LogP contribution is -2.62. The van der Waals surface area contributed by atoms with Crippen LogP contribution in [0.25, 0.3) is 0 Å². The van der Waals surface area contributed by atoms with E-state index in [9.17, 15) is 0 Å². The summed E-state index contributed by atoms with van der Waals surface area (Å²) >= 11 is 0. The van der Waals surface area contributed by atoms with Crippen LogP contribution in [0.15, 0.2) is 0 Å². The van der Waals surface area contributed by atoms with Gasteiger partial charge >= 0.3 is 0 Å². The molecule has 2 rings (SSSR count). The Hall–Kier alpha value is -0.160. The summed E-state index contributed by atoms with van der Waals surface area (Å²) in [6.45, 7) is 12.0. The van der Waals surface area contributed by atoms with Crippen LogP contribution in [0.4, 0.5) is 0 Å². The van der Waals surface area contributed by atoms with Gasteiger partial charge in [-0.3, -0.25) is 4.90 Å². The lowest BCUT2D eigenvalue weighted by Gasteiger charge is -2.50. The van der Waals surface area contributed by atoms with Gasteiger partial charge in [0.25, 0.3) is 0 Å². The SMILES string of the molecule is CC(C)CN1CCC(CN)(N(C)C2CCOC2C)CC1. The number of hydrogen-bond acceptors (Lipinski definition) is 4. The Morgan fingerprint density at radius 3 is 2.45 bits per heavy atom. The summed E-state index contributed by atoms with van der Waals surface area (Å²) < 4.78 is 5.75. The third-order valence-corrected chi connectivity index (χ3v) is 5.37. The molecule has 20 heavy (non-hydrogen) atoms. The molecule has 0 bridgehead atoms. The third-order valence-electron chi connectivity index (χ3n) is 5.37. The van der Waals surface area contributed by atoms with Crippen LogP contribution >= 0.6 is 0 Å². The quantitative estimate of drug-likeness (QED) is 0.831. The van der Waals surface area contributed by atoms with Gasteiger partial charge in [-0.1, -0.05) is 13.8 Å². The van der Waals surface area contributed by atoms with Crippen LogP contribution in [0.3, 0.4) is 0 Å². The lowest BCUT2D eigenvalue weighted by atomic mass is 9.84. The maximum atomic E-state index is 6.20. The molecule has 2 fully saturated rings. The molecule has 2 aliphatic heterocycles. The first-order chi connectivity index (χ1) is 9.48. The first-order valence-corrected chi connectivity index (χ1v) is 8.25. The van der Waals surface area contributed by atoms with E-state index in [1.54, 1.807) is 0 Å². The molecule has 0 radical (unpaired) electrons. The van der Waals surface area contributed by atoms with E-state index in [2.05, 4.69) is 37.6 Å². The first-order valence-electron chi connectivity index (χ1n) is 8.25. The second-order valence-corrected chi connectivity index (χ2v) is 7.17. The fourth-order valence-electron chi connectivity index (χ4n) is 3.95. The summed E-state index contributed by atoms with van der Waals surface area (Å²) in [5.74, 6) is 0.751. The van der Waals surface area contributed by atoms with Crippen molar-refractivity contribution in [3.05, 3.63) is 0 Å². The zero-order chi connectivity index (χ0) is 14.8. The van der Waals surface area contributed by atoms with E-state index in [0.29, 0.717) is 12.1 Å². The van der Waals surface area contributed by atoms with Crippen molar-refractivity contribution in [2.75, 3.05) is 39.8 Å². The largest absolute Gasteiger partial charge is 0.377 e. The summed E-state index contributed by atoms with van der Waals surface area (Å²) in [6, 6.07) is 0.537. The van der Waals surface area contributed by atoms with Gasteiger partial charge < -0.3 is 15.4 Å². The van der Waals surface area contributed by atoms with Gasteiger partial charge in [-0.05, 0) is 52.2 Å². The number of ether oxygens (including phenoxy) is 1. The molecule has 2 N–H and O–H groups in total. The van der Waals surface area contributed by atoms with E-state index < -0.39 is 0 Å². The molecule has 2 heterocycles. The Labute approximate surface area is 124 Å². The molecule has 0 aliphatic carbocycles. The maximum absolute atomic E-state index is 6.20. The average molecular weight is 283 g/mol. The van der Waals surface area contributed by atoms with Crippen molar-refractivity contribution in [3.63, 3.8) is 0 Å². The van der Waals surface area contributed by atoms with Gasteiger partial charge in [-0.15, -0.1) is 0 Å². The molecule has 0 aromatic carbocycles. The zero-order valence-electron chi connectivity index (χ0n) is 13.8. The molecule has 0 spiro atoms. The third kappa shape index (κ3) is 3.35. The first kappa shape index (κ1) is 16.2. The normalized spacial score (nSPS) is 31.4. The minimum Gasteiger partial charge on any atom is -0.377 e. The van der Waals surface area contributed by atoms with Gasteiger partial charge in [0.15, 0.2) is 0 Å². The molecule has 0 saturated carbocycles. The topological polar surface area (TPSA) is 41.7 Å². The van der Waals surface area contributed by atoms with Crippen molar-refractivity contribution in [1.29, 1.82) is 0 Å². The molecular formula is C16H33N3O. The predicted octanol–water partition coefficient (Wildman–Crippen LogP) is 1.54. The summed E-state index contributed by atoms with van der Waals surface area (Å²) in [7, 11) is 2.26. The lowest BCUT2D eigenvalue weighted by molar-refractivity contribution is -0.00898. The zero-order valence-corrected chi connectivity index (χ0v) is 13.8. The van der Waals surface area contributed by atoms with Crippen molar-refractivity contribution < 1.29 is 4.74 Å². The van der Waals surface area contributed by atoms with Crippen molar-refractivity contribution in [3.8, 4) is 0 Å². The van der Waals surface area contributed by atoms with Crippen LogP contribution in [0.2, 0.25) is 0 Å². The standard InChI is InChI=1S/C16H33N3O/c1-13(2)11-19-8-6-16(12-17,7-9-19)18(4)15-5-10-20-14(15)3/h13-15H,5-12,17H2,1-4H3. The van der Waals surface area contributed by atoms with E-state index in [4.69, 9.17) is 10.5 Å². The summed E-state index contributed by atoms with van der Waals surface area (Å²) in [4.78, 5) is 5.15. The molecule has 0 amide bonds. The highest BCUT2D eigenvalue weighted by atomic mass is 16.5. The molecule has 118 valence electrons. The highest BCUT2D eigenvalue weighted by Crippen LogP contribution is 2.32. The van der Waals surface area contributed by atoms with Crippen molar-refractivity contribution in [2.45, 2.75) is 57.7 Å². The molecule has 2 atom stereocenters. The smallest absolute Gasteiger partial charge is 0.0703 e. The Kier molecular flexibility index (Phi) is 5.46. The number of likely N-dealkylation sites (tertiary alicyclic amines) is 1. The molecule has 2 saturated heterocycles. The average Bonchev–Trinajstić information content (AvgIpc) is 2.84. The van der Waals surface area contributed by atoms with Gasteiger partial charge in [0.05, 0.1) is 6.10 Å². The second kappa shape index (κ2) is 6.73. The number of nitrogens with two attached hydrogens (primary N) is 1. The molecule has 2 unspecified atom stereocenters. The van der Waals surface area contributed by atoms with Gasteiger partial charge in [0.1, 0.15) is 0 Å². The number of hydrogen-bond donors (Lipinski definition) is 1. The number of nitrogens with zero attached hydrogens (tertiary/aromatic N) is 2. The maximum Gasteiger partial charge on any atom is 0.0703 e. The van der Waals surface area contributed by atoms with E-state index in [1.165, 1.54) is 32.5 Å². The Balaban J connectivity index is 1.97. The minimum absolute atomic E-state index is 0.181. The van der Waals surface area contributed by atoms with Crippen LogP contribution in [0, 0.1) is 5.92 Å². The Morgan fingerprint density at radius 1 is 1.35 bits per heavy atom. The highest BCUT2D eigenvalue weighted by Gasteiger charge is 2.42. The van der Waals surface area contributed by atoms with E-state index in [1.807, 2.05) is 0 Å². The van der Waals surface area contributed by atoms with Crippen molar-refractivity contribution >= 4 is 0 Å². The molecule has 4 heteroatoms. The predicted molar refractivity (Wildman–Crippen MR) is 83.9 cm³/mol. The van der Waals surface area contributed by atoms with Crippen molar-refractivity contribution in [2.24, 2.45) is 11.7 Å². The summed E-state index contributed by atoms with van der Waals surface area (Å²) in [5.41, 5.74) is 6.38. The molecule has 2 aliphatic rings. The number of likely N-dealkylation sites (N-methyl/N-ethyl adjacent to an activating group) is 1. The molecular weight excluding hydrogens is 250 g/mol.